The van der Waals surface area contributed by atoms with Crippen molar-refractivity contribution >= 4 is 23.2 Å². The molecule has 7 heteroatoms. The van der Waals surface area contributed by atoms with Crippen molar-refractivity contribution < 1.29 is 14.3 Å². The second-order valence-electron chi connectivity index (χ2n) is 6.89. The standard InChI is InChI=1S/C18H26N4O3/c1-11(2)9-14(23)18(7-4-8-22-17(18)24)10-25-13-6-3-5-12(19)15(13)16(20)21/h3,5-6,11H,4,7-10,19H2,1-2H3,(H3,20,21)(H,22,24). The van der Waals surface area contributed by atoms with Gasteiger partial charge in [0.25, 0.3) is 0 Å². The van der Waals surface area contributed by atoms with E-state index in [1.807, 2.05) is 13.8 Å². The fourth-order valence-corrected chi connectivity index (χ4v) is 3.08. The Morgan fingerprint density at radius 1 is 1.44 bits per heavy atom. The van der Waals surface area contributed by atoms with Gasteiger partial charge in [0.2, 0.25) is 5.91 Å². The Morgan fingerprint density at radius 2 is 2.16 bits per heavy atom. The average molecular weight is 346 g/mol. The molecule has 0 bridgehead atoms. The van der Waals surface area contributed by atoms with Crippen LogP contribution in [-0.2, 0) is 9.59 Å². The Bertz CT molecular complexity index is 687. The Balaban J connectivity index is 2.30. The monoisotopic (exact) mass is 346 g/mol. The van der Waals surface area contributed by atoms with Crippen LogP contribution < -0.4 is 21.5 Å². The number of benzene rings is 1. The highest BCUT2D eigenvalue weighted by molar-refractivity contribution is 6.07. The van der Waals surface area contributed by atoms with Crippen molar-refractivity contribution in [3.63, 3.8) is 0 Å². The van der Waals surface area contributed by atoms with Gasteiger partial charge in [-0.15, -0.1) is 0 Å². The summed E-state index contributed by atoms with van der Waals surface area (Å²) in [6, 6.07) is 4.94. The Kier molecular flexibility index (Phi) is 5.66. The maximum Gasteiger partial charge on any atom is 0.237 e. The van der Waals surface area contributed by atoms with Crippen LogP contribution in [0.25, 0.3) is 0 Å². The smallest absolute Gasteiger partial charge is 0.237 e. The molecule has 1 heterocycles. The summed E-state index contributed by atoms with van der Waals surface area (Å²) < 4.78 is 5.81. The number of carbonyl (C=O) groups excluding carboxylic acids is 2. The third kappa shape index (κ3) is 3.92. The summed E-state index contributed by atoms with van der Waals surface area (Å²) in [7, 11) is 0. The molecule has 136 valence electrons. The van der Waals surface area contributed by atoms with Crippen molar-refractivity contribution in [2.45, 2.75) is 33.1 Å². The number of piperidine rings is 1. The second-order valence-corrected chi connectivity index (χ2v) is 6.89. The van der Waals surface area contributed by atoms with Crippen LogP contribution >= 0.6 is 0 Å². The normalized spacial score (nSPS) is 20.2. The molecule has 7 nitrogen and oxygen atoms in total. The van der Waals surface area contributed by atoms with Crippen molar-refractivity contribution in [3.8, 4) is 5.75 Å². The molecule has 6 N–H and O–H groups in total. The van der Waals surface area contributed by atoms with E-state index in [9.17, 15) is 9.59 Å². The molecule has 25 heavy (non-hydrogen) atoms. The van der Waals surface area contributed by atoms with Gasteiger partial charge in [0.05, 0.1) is 5.56 Å². The first-order chi connectivity index (χ1) is 11.8. The number of nitrogen functional groups attached to an aromatic ring is 2. The Labute approximate surface area is 147 Å². The predicted octanol–water partition coefficient (Wildman–Crippen LogP) is 1.44. The molecule has 0 aromatic heterocycles. The van der Waals surface area contributed by atoms with E-state index in [2.05, 4.69) is 5.32 Å². The molecule has 1 fully saturated rings. The van der Waals surface area contributed by atoms with Gasteiger partial charge in [-0.3, -0.25) is 15.0 Å². The highest BCUT2D eigenvalue weighted by Crippen LogP contribution is 2.33. The van der Waals surface area contributed by atoms with Crippen LogP contribution in [0.4, 0.5) is 5.69 Å². The van der Waals surface area contributed by atoms with Gasteiger partial charge < -0.3 is 21.5 Å². The predicted molar refractivity (Wildman–Crippen MR) is 96.5 cm³/mol. The molecule has 1 amide bonds. The molecule has 1 saturated heterocycles. The van der Waals surface area contributed by atoms with Gasteiger partial charge in [0.1, 0.15) is 23.6 Å². The first-order valence-electron chi connectivity index (χ1n) is 8.45. The van der Waals surface area contributed by atoms with Crippen molar-refractivity contribution in [2.24, 2.45) is 17.1 Å². The van der Waals surface area contributed by atoms with Gasteiger partial charge in [0.15, 0.2) is 5.78 Å². The zero-order chi connectivity index (χ0) is 18.6. The third-order valence-electron chi connectivity index (χ3n) is 4.43. The molecular formula is C18H26N4O3. The number of nitrogens with two attached hydrogens (primary N) is 2. The number of ether oxygens (including phenoxy) is 1. The van der Waals surface area contributed by atoms with Crippen LogP contribution in [0.5, 0.6) is 5.75 Å². The quantitative estimate of drug-likeness (QED) is 0.257. The highest BCUT2D eigenvalue weighted by Gasteiger charge is 2.47. The number of amides is 1. The summed E-state index contributed by atoms with van der Waals surface area (Å²) in [5.41, 5.74) is 10.9. The van der Waals surface area contributed by atoms with Crippen molar-refractivity contribution in [1.29, 1.82) is 5.41 Å². The van der Waals surface area contributed by atoms with Crippen molar-refractivity contribution in [3.05, 3.63) is 23.8 Å². The van der Waals surface area contributed by atoms with Crippen molar-refractivity contribution in [1.82, 2.24) is 5.32 Å². The van der Waals surface area contributed by atoms with E-state index in [0.717, 1.165) is 6.42 Å². The van der Waals surface area contributed by atoms with Gasteiger partial charge in [-0.25, -0.2) is 0 Å². The number of Topliss-reactive ketones (excluding diaryl/α,β-unsaturated/α-hetero) is 1. The Morgan fingerprint density at radius 3 is 2.76 bits per heavy atom. The van der Waals surface area contributed by atoms with Crippen LogP contribution in [0.15, 0.2) is 18.2 Å². The summed E-state index contributed by atoms with van der Waals surface area (Å²) in [5.74, 6) is -0.170. The van der Waals surface area contributed by atoms with Gasteiger partial charge in [-0.2, -0.15) is 0 Å². The minimum atomic E-state index is -1.21. The molecule has 2 rings (SSSR count). The number of rotatable bonds is 7. The third-order valence-corrected chi connectivity index (χ3v) is 4.43. The SMILES string of the molecule is CC(C)CC(=O)C1(COc2cccc(N)c2C(=N)N)CCCNC1=O. The van der Waals surface area contributed by atoms with E-state index in [1.54, 1.807) is 18.2 Å². The maximum atomic E-state index is 12.8. The van der Waals surface area contributed by atoms with E-state index >= 15 is 0 Å². The van der Waals surface area contributed by atoms with Gasteiger partial charge >= 0.3 is 0 Å². The van der Waals surface area contributed by atoms with E-state index in [0.29, 0.717) is 30.8 Å². The summed E-state index contributed by atoms with van der Waals surface area (Å²) >= 11 is 0. The maximum absolute atomic E-state index is 12.8. The molecule has 1 aliphatic heterocycles. The van der Waals surface area contributed by atoms with E-state index in [-0.39, 0.29) is 35.6 Å². The number of hydrogen-bond donors (Lipinski definition) is 4. The molecule has 1 aromatic carbocycles. The summed E-state index contributed by atoms with van der Waals surface area (Å²) in [6.45, 7) is 4.36. The zero-order valence-corrected chi connectivity index (χ0v) is 14.7. The number of anilines is 1. The lowest BCUT2D eigenvalue weighted by Crippen LogP contribution is -2.54. The van der Waals surface area contributed by atoms with Crippen LogP contribution in [0.1, 0.15) is 38.7 Å². The lowest BCUT2D eigenvalue weighted by atomic mass is 9.74. The summed E-state index contributed by atoms with van der Waals surface area (Å²) in [6.07, 6.45) is 1.48. The fraction of sp³-hybridized carbons (Fsp3) is 0.500. The number of amidine groups is 1. The molecule has 0 saturated carbocycles. The molecule has 1 aliphatic rings. The van der Waals surface area contributed by atoms with E-state index < -0.39 is 5.41 Å². The summed E-state index contributed by atoms with van der Waals surface area (Å²) in [5, 5.41) is 10.5. The minimum absolute atomic E-state index is 0.0892. The van der Waals surface area contributed by atoms with E-state index in [1.165, 1.54) is 0 Å². The lowest BCUT2D eigenvalue weighted by Gasteiger charge is -2.35. The van der Waals surface area contributed by atoms with E-state index in [4.69, 9.17) is 21.6 Å². The first-order valence-corrected chi connectivity index (χ1v) is 8.45. The molecule has 1 atom stereocenters. The van der Waals surface area contributed by atoms with Gasteiger partial charge in [-0.1, -0.05) is 19.9 Å². The molecule has 0 aliphatic carbocycles. The van der Waals surface area contributed by atoms with Gasteiger partial charge in [-0.05, 0) is 30.9 Å². The fourth-order valence-electron chi connectivity index (χ4n) is 3.08. The number of ketones is 1. The topological polar surface area (TPSA) is 131 Å². The molecular weight excluding hydrogens is 320 g/mol. The second kappa shape index (κ2) is 7.55. The highest BCUT2D eigenvalue weighted by atomic mass is 16.5. The van der Waals surface area contributed by atoms with Crippen LogP contribution in [-0.4, -0.2) is 30.7 Å². The number of carbonyl (C=O) groups is 2. The van der Waals surface area contributed by atoms with Gasteiger partial charge in [0, 0.05) is 18.7 Å². The number of hydrogen-bond acceptors (Lipinski definition) is 5. The van der Waals surface area contributed by atoms with Crippen LogP contribution in [0.2, 0.25) is 0 Å². The molecule has 0 radical (unpaired) electrons. The zero-order valence-electron chi connectivity index (χ0n) is 14.7. The number of nitrogens with one attached hydrogen (secondary N) is 2. The molecule has 1 unspecified atom stereocenters. The largest absolute Gasteiger partial charge is 0.491 e. The van der Waals surface area contributed by atoms with Crippen LogP contribution in [0.3, 0.4) is 0 Å². The first kappa shape index (κ1) is 18.8. The Hall–Kier alpha value is -2.57. The van der Waals surface area contributed by atoms with Crippen molar-refractivity contribution in [2.75, 3.05) is 18.9 Å². The van der Waals surface area contributed by atoms with Crippen LogP contribution in [0, 0.1) is 16.7 Å². The average Bonchev–Trinajstić information content (AvgIpc) is 2.53. The minimum Gasteiger partial charge on any atom is -0.491 e. The lowest BCUT2D eigenvalue weighted by molar-refractivity contribution is -0.147. The molecule has 1 aromatic rings. The molecule has 0 spiro atoms. The summed E-state index contributed by atoms with van der Waals surface area (Å²) in [4.78, 5) is 25.4.